The zero-order valence-electron chi connectivity index (χ0n) is 15.7. The first kappa shape index (κ1) is 21.6. The topological polar surface area (TPSA) is 62.7 Å². The fourth-order valence-corrected chi connectivity index (χ4v) is 2.52. The number of rotatable bonds is 7. The first-order valence-corrected chi connectivity index (χ1v) is 8.93. The summed E-state index contributed by atoms with van der Waals surface area (Å²) in [5.74, 6) is -3.99. The molecule has 160 valence electrons. The molecule has 2 heterocycles. The van der Waals surface area contributed by atoms with Gasteiger partial charge in [-0.25, -0.2) is 23.1 Å². The van der Waals surface area contributed by atoms with Crippen LogP contribution in [0.25, 0.3) is 22.3 Å². The van der Waals surface area contributed by atoms with Crippen LogP contribution in [0, 0.1) is 5.82 Å². The fourth-order valence-electron chi connectivity index (χ4n) is 2.52. The molecule has 0 fully saturated rings. The maximum atomic E-state index is 13.5. The number of anilines is 2. The summed E-state index contributed by atoms with van der Waals surface area (Å²) >= 11 is 0. The third kappa shape index (κ3) is 5.49. The molecule has 3 rings (SSSR count). The monoisotopic (exact) mass is 429 g/mol. The van der Waals surface area contributed by atoms with E-state index in [1.54, 1.807) is 6.07 Å². The van der Waals surface area contributed by atoms with Crippen molar-refractivity contribution in [1.29, 1.82) is 0 Å². The molecule has 0 aliphatic heterocycles. The molecule has 0 bridgehead atoms. The summed E-state index contributed by atoms with van der Waals surface area (Å²) in [5, 5.41) is 4.50. The molecule has 3 aromatic rings. The van der Waals surface area contributed by atoms with Gasteiger partial charge in [-0.1, -0.05) is 6.92 Å². The Morgan fingerprint density at radius 2 is 1.53 bits per heavy atom. The van der Waals surface area contributed by atoms with Crippen molar-refractivity contribution in [2.75, 3.05) is 23.7 Å². The second kappa shape index (κ2) is 8.33. The Bertz CT molecular complexity index is 1020. The third-order valence-electron chi connectivity index (χ3n) is 4.16. The Morgan fingerprint density at radius 3 is 2.17 bits per heavy atom. The van der Waals surface area contributed by atoms with E-state index in [1.807, 2.05) is 0 Å². The lowest BCUT2D eigenvalue weighted by molar-refractivity contribution is -0.115. The van der Waals surface area contributed by atoms with Crippen LogP contribution in [0.5, 0.6) is 0 Å². The largest absolute Gasteiger partial charge is 0.405 e. The van der Waals surface area contributed by atoms with E-state index in [2.05, 4.69) is 25.6 Å². The second-order valence-electron chi connectivity index (χ2n) is 6.50. The first-order chi connectivity index (χ1) is 14.1. The zero-order valence-corrected chi connectivity index (χ0v) is 15.7. The molecule has 0 aliphatic carbocycles. The zero-order chi connectivity index (χ0) is 21.9. The Hall–Kier alpha value is -3.11. The molecular weight excluding hydrogens is 412 g/mol. The van der Waals surface area contributed by atoms with Gasteiger partial charge >= 0.3 is 6.18 Å². The van der Waals surface area contributed by atoms with E-state index in [0.29, 0.717) is 11.3 Å². The Morgan fingerprint density at radius 1 is 0.833 bits per heavy atom. The van der Waals surface area contributed by atoms with E-state index in [4.69, 9.17) is 0 Å². The summed E-state index contributed by atoms with van der Waals surface area (Å²) < 4.78 is 78.2. The van der Waals surface area contributed by atoms with Crippen LogP contribution in [0.2, 0.25) is 0 Å². The number of benzene rings is 1. The predicted octanol–water partition coefficient (Wildman–Crippen LogP) is 5.26. The number of alkyl halides is 5. The van der Waals surface area contributed by atoms with Gasteiger partial charge in [0, 0.05) is 12.0 Å². The molecule has 0 spiro atoms. The summed E-state index contributed by atoms with van der Waals surface area (Å²) in [4.78, 5) is 12.3. The first-order valence-electron chi connectivity index (χ1n) is 8.93. The minimum atomic E-state index is -4.53. The van der Waals surface area contributed by atoms with Crippen molar-refractivity contribution in [2.45, 2.75) is 25.4 Å². The lowest BCUT2D eigenvalue weighted by atomic mass is 10.1. The smallest absolute Gasteiger partial charge is 0.359 e. The van der Waals surface area contributed by atoms with Crippen molar-refractivity contribution in [3.63, 3.8) is 0 Å². The molecule has 0 saturated carbocycles. The van der Waals surface area contributed by atoms with E-state index in [9.17, 15) is 26.3 Å². The highest BCUT2D eigenvalue weighted by atomic mass is 19.4. The maximum absolute atomic E-state index is 13.5. The number of halogens is 6. The minimum absolute atomic E-state index is 0.0221. The van der Waals surface area contributed by atoms with Crippen LogP contribution >= 0.6 is 0 Å². The van der Waals surface area contributed by atoms with E-state index >= 15 is 0 Å². The maximum Gasteiger partial charge on any atom is 0.405 e. The van der Waals surface area contributed by atoms with Crippen LogP contribution in [-0.2, 0) is 0 Å². The summed E-state index contributed by atoms with van der Waals surface area (Å²) in [6.07, 6.45) is -4.95. The van der Waals surface area contributed by atoms with Gasteiger partial charge in [0.25, 0.3) is 5.92 Å². The minimum Gasteiger partial charge on any atom is -0.359 e. The molecule has 0 atom stereocenters. The van der Waals surface area contributed by atoms with Crippen molar-refractivity contribution in [2.24, 2.45) is 0 Å². The number of nitrogens with one attached hydrogen (secondary N) is 2. The van der Waals surface area contributed by atoms with Crippen LogP contribution in [0.3, 0.4) is 0 Å². The average molecular weight is 429 g/mol. The molecule has 5 nitrogen and oxygen atoms in total. The van der Waals surface area contributed by atoms with Crippen LogP contribution in [0.15, 0.2) is 36.4 Å². The van der Waals surface area contributed by atoms with Crippen LogP contribution in [0.1, 0.15) is 13.3 Å². The highest BCUT2D eigenvalue weighted by molar-refractivity contribution is 5.88. The van der Waals surface area contributed by atoms with Gasteiger partial charge in [-0.3, -0.25) is 0 Å². The van der Waals surface area contributed by atoms with Crippen LogP contribution < -0.4 is 10.6 Å². The summed E-state index contributed by atoms with van der Waals surface area (Å²) in [5.41, 5.74) is 1.07. The number of hydrogen-bond donors (Lipinski definition) is 2. The number of aromatic nitrogens is 3. The molecule has 2 N–H and O–H groups in total. The van der Waals surface area contributed by atoms with E-state index in [0.717, 1.165) is 0 Å². The molecule has 11 heteroatoms. The van der Waals surface area contributed by atoms with Crippen molar-refractivity contribution in [3.8, 4) is 11.3 Å². The quantitative estimate of drug-likeness (QED) is 0.502. The molecule has 0 amide bonds. The van der Waals surface area contributed by atoms with E-state index in [1.165, 1.54) is 37.3 Å². The lowest BCUT2D eigenvalue weighted by Crippen LogP contribution is -2.27. The van der Waals surface area contributed by atoms with Crippen LogP contribution in [-0.4, -0.2) is 40.1 Å². The van der Waals surface area contributed by atoms with Gasteiger partial charge in [0.05, 0.1) is 17.8 Å². The number of nitrogens with zero attached hydrogens (tertiary/aromatic N) is 3. The second-order valence-corrected chi connectivity index (χ2v) is 6.50. The van der Waals surface area contributed by atoms with Gasteiger partial charge < -0.3 is 10.6 Å². The van der Waals surface area contributed by atoms with Gasteiger partial charge in [-0.2, -0.15) is 18.2 Å². The molecule has 0 saturated heterocycles. The highest BCUT2D eigenvalue weighted by Gasteiger charge is 2.28. The highest BCUT2D eigenvalue weighted by Crippen LogP contribution is 2.27. The number of hydrogen-bond acceptors (Lipinski definition) is 5. The Balaban J connectivity index is 2.01. The SMILES string of the molecule is CCC(F)(F)CNc1nc(NCC(F)(F)F)c2nc(-c3ccc(F)cc3)ccc2n1. The molecule has 2 aromatic heterocycles. The van der Waals surface area contributed by atoms with Crippen LogP contribution in [0.4, 0.5) is 38.1 Å². The number of pyridine rings is 1. The van der Waals surface area contributed by atoms with Gasteiger partial charge in [-0.15, -0.1) is 0 Å². The van der Waals surface area contributed by atoms with Crippen molar-refractivity contribution in [3.05, 3.63) is 42.2 Å². The van der Waals surface area contributed by atoms with Crippen molar-refractivity contribution < 1.29 is 26.3 Å². The van der Waals surface area contributed by atoms with Gasteiger partial charge in [0.2, 0.25) is 5.95 Å². The van der Waals surface area contributed by atoms with E-state index < -0.39 is 37.4 Å². The molecule has 0 radical (unpaired) electrons. The van der Waals surface area contributed by atoms with E-state index in [-0.39, 0.29) is 22.8 Å². The molecule has 0 aliphatic rings. The Labute approximate surface area is 167 Å². The lowest BCUT2D eigenvalue weighted by Gasteiger charge is -2.16. The predicted molar refractivity (Wildman–Crippen MR) is 101 cm³/mol. The summed E-state index contributed by atoms with van der Waals surface area (Å²) in [6.45, 7) is -0.860. The third-order valence-corrected chi connectivity index (χ3v) is 4.16. The molecule has 30 heavy (non-hydrogen) atoms. The molecule has 0 unspecified atom stereocenters. The average Bonchev–Trinajstić information content (AvgIpc) is 2.70. The van der Waals surface area contributed by atoms with Gasteiger partial charge in [-0.05, 0) is 36.4 Å². The number of fused-ring (bicyclic) bond motifs is 1. The normalized spacial score (nSPS) is 12.2. The van der Waals surface area contributed by atoms with Crippen molar-refractivity contribution >= 4 is 22.8 Å². The summed E-state index contributed by atoms with van der Waals surface area (Å²) in [6, 6.07) is 8.40. The molecular formula is C19H17F6N5. The van der Waals surface area contributed by atoms with Gasteiger partial charge in [0.15, 0.2) is 5.82 Å². The Kier molecular flexibility index (Phi) is 5.99. The summed E-state index contributed by atoms with van der Waals surface area (Å²) in [7, 11) is 0. The fraction of sp³-hybridized carbons (Fsp3) is 0.316. The standard InChI is InChI=1S/C19H17F6N5/c1-2-18(21,22)9-27-17-29-14-8-7-13(11-3-5-12(20)6-4-11)28-15(14)16(30-17)26-10-19(23,24)25/h3-8H,2,9-10H2,1H3,(H2,26,27,29,30). The molecule has 1 aromatic carbocycles. The van der Waals surface area contributed by atoms with Gasteiger partial charge in [0.1, 0.15) is 17.9 Å². The van der Waals surface area contributed by atoms with Crippen molar-refractivity contribution in [1.82, 2.24) is 15.0 Å².